The van der Waals surface area contributed by atoms with Crippen LogP contribution in [0.25, 0.3) is 0 Å². The van der Waals surface area contributed by atoms with Crippen molar-refractivity contribution in [3.63, 3.8) is 0 Å². The van der Waals surface area contributed by atoms with Crippen molar-refractivity contribution >= 4 is 19.7 Å². The van der Waals surface area contributed by atoms with E-state index in [1.807, 2.05) is 33.3 Å². The molecule has 1 amide bonds. The van der Waals surface area contributed by atoms with E-state index in [2.05, 4.69) is 74.7 Å². The van der Waals surface area contributed by atoms with E-state index in [0.29, 0.717) is 23.9 Å². The van der Waals surface area contributed by atoms with Gasteiger partial charge in [0.05, 0.1) is 33.8 Å². The molecule has 9 nitrogen and oxygen atoms in total. The topological polar surface area (TPSA) is 114 Å². The van der Waals surface area contributed by atoms with E-state index >= 15 is 0 Å². The molecule has 0 aromatic heterocycles. The molecule has 0 aliphatic carbocycles. The maximum atomic E-state index is 13.5. The highest BCUT2D eigenvalue weighted by Crippen LogP contribution is 2.38. The third-order valence-corrected chi connectivity index (χ3v) is 15.1. The van der Waals surface area contributed by atoms with Crippen molar-refractivity contribution in [3.05, 3.63) is 60.8 Å². The van der Waals surface area contributed by atoms with Gasteiger partial charge in [0.1, 0.15) is 19.3 Å². The van der Waals surface area contributed by atoms with Gasteiger partial charge in [-0.25, -0.2) is 0 Å². The quantitative estimate of drug-likeness (QED) is 0.0212. The van der Waals surface area contributed by atoms with Crippen LogP contribution in [0.1, 0.15) is 297 Å². The molecule has 0 heterocycles. The molecular formula is C66H123N2O7P. The van der Waals surface area contributed by atoms with Crippen molar-refractivity contribution in [2.24, 2.45) is 0 Å². The highest BCUT2D eigenvalue weighted by atomic mass is 31.2. The molecular weight excluding hydrogens is 964 g/mol. The Morgan fingerprint density at radius 1 is 0.461 bits per heavy atom. The predicted octanol–water partition coefficient (Wildman–Crippen LogP) is 19.2. The summed E-state index contributed by atoms with van der Waals surface area (Å²) in [6, 6.07) is -0.896. The van der Waals surface area contributed by atoms with Gasteiger partial charge in [0.25, 0.3) is 7.82 Å². The van der Waals surface area contributed by atoms with Gasteiger partial charge in [0, 0.05) is 12.8 Å². The van der Waals surface area contributed by atoms with E-state index in [4.69, 9.17) is 13.8 Å². The molecule has 0 aromatic carbocycles. The number of phosphoric acid groups is 1. The van der Waals surface area contributed by atoms with Crippen LogP contribution in [-0.4, -0.2) is 69.4 Å². The third-order valence-electron chi connectivity index (χ3n) is 14.2. The lowest BCUT2D eigenvalue weighted by Gasteiger charge is -2.30. The van der Waals surface area contributed by atoms with Crippen molar-refractivity contribution in [2.45, 2.75) is 309 Å². The van der Waals surface area contributed by atoms with E-state index in [9.17, 15) is 19.0 Å². The monoisotopic (exact) mass is 1090 g/mol. The predicted molar refractivity (Wildman–Crippen MR) is 325 cm³/mol. The lowest BCUT2D eigenvalue weighted by Crippen LogP contribution is -2.47. The molecule has 0 aliphatic heterocycles. The number of carbonyl (C=O) groups excluding carboxylic acids is 2. The highest BCUT2D eigenvalue weighted by Gasteiger charge is 2.27. The molecule has 0 radical (unpaired) electrons. The molecule has 0 spiro atoms. The van der Waals surface area contributed by atoms with E-state index in [0.717, 1.165) is 77.0 Å². The molecule has 76 heavy (non-hydrogen) atoms. The van der Waals surface area contributed by atoms with Gasteiger partial charge >= 0.3 is 5.97 Å². The first-order valence-corrected chi connectivity index (χ1v) is 33.6. The summed E-state index contributed by atoms with van der Waals surface area (Å²) in [7, 11) is 1.18. The Balaban J connectivity index is 5.09. The molecule has 444 valence electrons. The van der Waals surface area contributed by atoms with Crippen molar-refractivity contribution in [2.75, 3.05) is 40.9 Å². The average Bonchev–Trinajstić information content (AvgIpc) is 3.38. The van der Waals surface area contributed by atoms with Crippen LogP contribution in [0.2, 0.25) is 0 Å². The first-order valence-electron chi connectivity index (χ1n) is 32.1. The van der Waals surface area contributed by atoms with Gasteiger partial charge in [0.15, 0.2) is 0 Å². The number of allylic oxidation sites excluding steroid dienone is 9. The van der Waals surface area contributed by atoms with Crippen LogP contribution in [0.5, 0.6) is 0 Å². The SMILES string of the molecule is CCCCC/C=C\C/C=C\C/C=C\CCCCCCCCCCCCCCC(=O)OC(/C=C\CCCCCCCCCCC)C(COP(=O)([O-])OCC[N+](C)(C)C)NC(=O)CCCCC/C=C\CCCCCCCCC. The van der Waals surface area contributed by atoms with Crippen molar-refractivity contribution in [1.29, 1.82) is 0 Å². The van der Waals surface area contributed by atoms with Gasteiger partial charge in [-0.3, -0.25) is 14.2 Å². The summed E-state index contributed by atoms with van der Waals surface area (Å²) in [6.45, 7) is 6.81. The molecule has 0 fully saturated rings. The molecule has 0 saturated carbocycles. The van der Waals surface area contributed by atoms with Gasteiger partial charge in [-0.15, -0.1) is 0 Å². The third kappa shape index (κ3) is 56.4. The van der Waals surface area contributed by atoms with E-state index in [-0.39, 0.29) is 24.9 Å². The van der Waals surface area contributed by atoms with Crippen LogP contribution in [0.3, 0.4) is 0 Å². The van der Waals surface area contributed by atoms with Crippen LogP contribution in [0.15, 0.2) is 60.8 Å². The lowest BCUT2D eigenvalue weighted by atomic mass is 10.0. The van der Waals surface area contributed by atoms with E-state index in [1.54, 1.807) is 0 Å². The molecule has 0 rings (SSSR count). The van der Waals surface area contributed by atoms with Gasteiger partial charge in [-0.1, -0.05) is 249 Å². The molecule has 0 bridgehead atoms. The normalized spacial score (nSPS) is 14.0. The Morgan fingerprint density at radius 2 is 0.803 bits per heavy atom. The fraction of sp³-hybridized carbons (Fsp3) is 0.818. The number of phosphoric ester groups is 1. The van der Waals surface area contributed by atoms with Crippen molar-refractivity contribution < 1.29 is 37.3 Å². The number of unbranched alkanes of at least 4 members (excludes halogenated alkanes) is 34. The van der Waals surface area contributed by atoms with Gasteiger partial charge in [0.2, 0.25) is 5.91 Å². The van der Waals surface area contributed by atoms with Gasteiger partial charge < -0.3 is 28.5 Å². The van der Waals surface area contributed by atoms with E-state index in [1.165, 1.54) is 180 Å². The van der Waals surface area contributed by atoms with Gasteiger partial charge in [-0.2, -0.15) is 0 Å². The maximum absolute atomic E-state index is 13.5. The second-order valence-corrected chi connectivity index (χ2v) is 24.3. The van der Waals surface area contributed by atoms with Crippen LogP contribution >= 0.6 is 7.82 Å². The highest BCUT2D eigenvalue weighted by molar-refractivity contribution is 7.45. The van der Waals surface area contributed by atoms with E-state index < -0.39 is 26.6 Å². The summed E-state index contributed by atoms with van der Waals surface area (Å²) in [5.41, 5.74) is 0. The number of likely N-dealkylation sites (N-methyl/N-ethyl adjacent to an activating group) is 1. The zero-order valence-corrected chi connectivity index (χ0v) is 51.6. The number of carbonyl (C=O) groups is 2. The number of nitrogens with one attached hydrogen (secondary N) is 1. The first kappa shape index (κ1) is 73.7. The molecule has 0 aromatic rings. The minimum Gasteiger partial charge on any atom is -0.756 e. The first-order chi connectivity index (χ1) is 36.9. The van der Waals surface area contributed by atoms with Crippen LogP contribution in [-0.2, 0) is 27.9 Å². The summed E-state index contributed by atoms with van der Waals surface area (Å²) in [5, 5.41) is 3.02. The number of hydrogen-bond donors (Lipinski definition) is 1. The Labute approximate surface area is 471 Å². The maximum Gasteiger partial charge on any atom is 0.306 e. The molecule has 3 atom stereocenters. The number of amides is 1. The number of hydrogen-bond acceptors (Lipinski definition) is 7. The molecule has 3 unspecified atom stereocenters. The molecule has 10 heteroatoms. The Kier molecular flexibility index (Phi) is 54.3. The zero-order valence-electron chi connectivity index (χ0n) is 50.7. The van der Waals surface area contributed by atoms with Crippen LogP contribution < -0.4 is 10.2 Å². The number of esters is 1. The Morgan fingerprint density at radius 3 is 1.25 bits per heavy atom. The Hall–Kier alpha value is -2.29. The summed E-state index contributed by atoms with van der Waals surface area (Å²) in [5.74, 6) is -0.556. The molecule has 0 saturated heterocycles. The summed E-state index contributed by atoms with van der Waals surface area (Å²) >= 11 is 0. The van der Waals surface area contributed by atoms with Gasteiger partial charge in [-0.05, 0) is 96.0 Å². The zero-order chi connectivity index (χ0) is 55.7. The number of rotatable bonds is 58. The van der Waals surface area contributed by atoms with Crippen molar-refractivity contribution in [1.82, 2.24) is 5.32 Å². The fourth-order valence-corrected chi connectivity index (χ4v) is 9.89. The summed E-state index contributed by atoms with van der Waals surface area (Å²) in [6.07, 6.45) is 70.5. The van der Waals surface area contributed by atoms with Crippen molar-refractivity contribution in [3.8, 4) is 0 Å². The average molecular weight is 1090 g/mol. The standard InChI is InChI=1S/C66H123N2O7P/c1-7-10-13-16-19-22-25-27-29-30-31-32-33-34-35-36-37-38-39-41-44-47-50-53-56-59-66(70)75-64(57-54-51-48-45-42-24-21-18-15-12-9-3)63(62-74-76(71,72)73-61-60-68(4,5)6)67-65(69)58-55-52-49-46-43-40-28-26-23-20-17-14-11-8-2/h19,22,27,29,31-32,40,43,54,57,63-64H,7-18,20-21,23-26,28,30,33-39,41-42,44-53,55-56,58-62H2,1-6H3,(H-,67,69,71,72)/b22-19-,29-27-,32-31-,43-40-,57-54-. The Bertz CT molecular complexity index is 1490. The number of quaternary nitrogens is 1. The second kappa shape index (κ2) is 56.0. The molecule has 1 N–H and O–H groups in total. The van der Waals surface area contributed by atoms with Crippen LogP contribution in [0, 0.1) is 0 Å². The second-order valence-electron chi connectivity index (χ2n) is 22.9. The number of nitrogens with zero attached hydrogens (tertiary/aromatic N) is 1. The smallest absolute Gasteiger partial charge is 0.306 e. The van der Waals surface area contributed by atoms with Crippen LogP contribution in [0.4, 0.5) is 0 Å². The number of ether oxygens (including phenoxy) is 1. The largest absolute Gasteiger partial charge is 0.756 e. The fourth-order valence-electron chi connectivity index (χ4n) is 9.17. The molecule has 0 aliphatic rings. The minimum absolute atomic E-state index is 0.0256. The minimum atomic E-state index is -4.70. The summed E-state index contributed by atoms with van der Waals surface area (Å²) < 4.78 is 30.3. The summed E-state index contributed by atoms with van der Waals surface area (Å²) in [4.78, 5) is 39.9. The lowest BCUT2D eigenvalue weighted by molar-refractivity contribution is -0.870.